The van der Waals surface area contributed by atoms with Crippen LogP contribution in [-0.2, 0) is 9.59 Å². The van der Waals surface area contributed by atoms with Crippen molar-refractivity contribution < 1.29 is 14.7 Å². The van der Waals surface area contributed by atoms with Crippen LogP contribution < -0.4 is 0 Å². The van der Waals surface area contributed by atoms with Gasteiger partial charge in [0.2, 0.25) is 5.91 Å². The Kier molecular flexibility index (Phi) is 3.92. The lowest BCUT2D eigenvalue weighted by Crippen LogP contribution is -2.29. The Balaban J connectivity index is 2.28. The number of hydrogen-bond acceptors (Lipinski definition) is 2. The van der Waals surface area contributed by atoms with Gasteiger partial charge in [0.25, 0.3) is 0 Å². The van der Waals surface area contributed by atoms with E-state index in [0.29, 0.717) is 6.42 Å². The Bertz CT molecular complexity index is 221. The first-order valence-electron chi connectivity index (χ1n) is 5.09. The molecule has 0 aromatic heterocycles. The number of hydrogen-bond donors (Lipinski definition) is 1. The summed E-state index contributed by atoms with van der Waals surface area (Å²) in [6, 6.07) is 0. The van der Waals surface area contributed by atoms with Crippen LogP contribution in [0.15, 0.2) is 0 Å². The van der Waals surface area contributed by atoms with Crippen LogP contribution in [0.2, 0.25) is 0 Å². The number of likely N-dealkylation sites (tertiary alicyclic amines) is 1. The molecule has 4 nitrogen and oxygen atoms in total. The maximum absolute atomic E-state index is 11.6. The van der Waals surface area contributed by atoms with Crippen molar-refractivity contribution in [2.75, 3.05) is 13.1 Å². The first-order valence-corrected chi connectivity index (χ1v) is 5.09. The predicted molar refractivity (Wildman–Crippen MR) is 51.8 cm³/mol. The molecule has 0 radical (unpaired) electrons. The molecule has 0 aliphatic carbocycles. The van der Waals surface area contributed by atoms with Gasteiger partial charge >= 0.3 is 5.97 Å². The Morgan fingerprint density at radius 2 is 1.86 bits per heavy atom. The van der Waals surface area contributed by atoms with Crippen molar-refractivity contribution in [1.29, 1.82) is 0 Å². The second-order valence-corrected chi connectivity index (χ2v) is 4.00. The van der Waals surface area contributed by atoms with Crippen LogP contribution in [-0.4, -0.2) is 35.0 Å². The van der Waals surface area contributed by atoms with E-state index in [0.717, 1.165) is 25.9 Å². The summed E-state index contributed by atoms with van der Waals surface area (Å²) in [6.45, 7) is 3.50. The van der Waals surface area contributed by atoms with Crippen molar-refractivity contribution in [2.45, 2.75) is 32.6 Å². The van der Waals surface area contributed by atoms with E-state index in [2.05, 4.69) is 0 Å². The van der Waals surface area contributed by atoms with E-state index < -0.39 is 5.97 Å². The van der Waals surface area contributed by atoms with E-state index >= 15 is 0 Å². The van der Waals surface area contributed by atoms with Gasteiger partial charge in [-0.15, -0.1) is 0 Å². The monoisotopic (exact) mass is 199 g/mol. The zero-order valence-electron chi connectivity index (χ0n) is 8.53. The van der Waals surface area contributed by atoms with Gasteiger partial charge in [0, 0.05) is 25.9 Å². The lowest BCUT2D eigenvalue weighted by molar-refractivity contribution is -0.138. The number of carbonyl (C=O) groups excluding carboxylic acids is 1. The zero-order chi connectivity index (χ0) is 10.6. The van der Waals surface area contributed by atoms with Crippen LogP contribution >= 0.6 is 0 Å². The summed E-state index contributed by atoms with van der Waals surface area (Å²) in [5.74, 6) is -0.774. The maximum atomic E-state index is 11.6. The topological polar surface area (TPSA) is 57.6 Å². The molecule has 4 heteroatoms. The van der Waals surface area contributed by atoms with E-state index in [1.807, 2.05) is 11.8 Å². The fourth-order valence-corrected chi connectivity index (χ4v) is 1.76. The Morgan fingerprint density at radius 1 is 1.29 bits per heavy atom. The number of carbonyl (C=O) groups is 2. The first-order chi connectivity index (χ1) is 6.59. The Labute approximate surface area is 83.9 Å². The smallest absolute Gasteiger partial charge is 0.303 e. The van der Waals surface area contributed by atoms with Crippen molar-refractivity contribution in [3.8, 4) is 0 Å². The molecule has 14 heavy (non-hydrogen) atoms. The van der Waals surface area contributed by atoms with Gasteiger partial charge in [0.1, 0.15) is 0 Å². The van der Waals surface area contributed by atoms with Crippen LogP contribution in [0.1, 0.15) is 32.6 Å². The summed E-state index contributed by atoms with van der Waals surface area (Å²) in [5.41, 5.74) is 0. The Hall–Kier alpha value is -1.06. The zero-order valence-corrected chi connectivity index (χ0v) is 8.53. The lowest BCUT2D eigenvalue weighted by Gasteiger charge is -2.17. The van der Waals surface area contributed by atoms with Crippen molar-refractivity contribution >= 4 is 11.9 Å². The maximum Gasteiger partial charge on any atom is 0.303 e. The van der Waals surface area contributed by atoms with Gasteiger partial charge in [0.15, 0.2) is 0 Å². The molecular formula is C10H17NO3. The van der Waals surface area contributed by atoms with Crippen LogP contribution in [0, 0.1) is 5.92 Å². The van der Waals surface area contributed by atoms with Crippen LogP contribution in [0.3, 0.4) is 0 Å². The molecule has 0 unspecified atom stereocenters. The number of aliphatic carboxylic acids is 1. The minimum atomic E-state index is -0.827. The van der Waals surface area contributed by atoms with E-state index in [9.17, 15) is 9.59 Å². The molecule has 1 atom stereocenters. The SMILES string of the molecule is C[C@H](CC(=O)O)CC(=O)N1CCCC1. The summed E-state index contributed by atoms with van der Waals surface area (Å²) in [5, 5.41) is 8.54. The number of amides is 1. The van der Waals surface area contributed by atoms with Crippen molar-refractivity contribution in [3.63, 3.8) is 0 Å². The van der Waals surface area contributed by atoms with Gasteiger partial charge in [-0.25, -0.2) is 0 Å². The van der Waals surface area contributed by atoms with Crippen LogP contribution in [0.4, 0.5) is 0 Å². The molecular weight excluding hydrogens is 182 g/mol. The Morgan fingerprint density at radius 3 is 2.36 bits per heavy atom. The summed E-state index contributed by atoms with van der Waals surface area (Å²) < 4.78 is 0. The molecule has 1 rings (SSSR count). The molecule has 1 aliphatic heterocycles. The van der Waals surface area contributed by atoms with E-state index in [4.69, 9.17) is 5.11 Å². The van der Waals surface area contributed by atoms with Crippen molar-refractivity contribution in [1.82, 2.24) is 4.90 Å². The highest BCUT2D eigenvalue weighted by Gasteiger charge is 2.20. The molecule has 1 aliphatic rings. The van der Waals surface area contributed by atoms with Crippen LogP contribution in [0.5, 0.6) is 0 Å². The molecule has 1 heterocycles. The fraction of sp³-hybridized carbons (Fsp3) is 0.800. The third kappa shape index (κ3) is 3.36. The average Bonchev–Trinajstić information content (AvgIpc) is 2.53. The molecule has 0 spiro atoms. The lowest BCUT2D eigenvalue weighted by atomic mass is 10.0. The van der Waals surface area contributed by atoms with Gasteiger partial charge in [-0.2, -0.15) is 0 Å². The minimum absolute atomic E-state index is 0.0550. The van der Waals surface area contributed by atoms with E-state index in [1.165, 1.54) is 0 Å². The minimum Gasteiger partial charge on any atom is -0.481 e. The second kappa shape index (κ2) is 4.98. The molecule has 0 bridgehead atoms. The molecule has 80 valence electrons. The second-order valence-electron chi connectivity index (χ2n) is 4.00. The third-order valence-corrected chi connectivity index (χ3v) is 2.50. The van der Waals surface area contributed by atoms with Gasteiger partial charge < -0.3 is 10.0 Å². The van der Waals surface area contributed by atoms with Crippen molar-refractivity contribution in [3.05, 3.63) is 0 Å². The van der Waals surface area contributed by atoms with Crippen LogP contribution in [0.25, 0.3) is 0 Å². The largest absolute Gasteiger partial charge is 0.481 e. The number of rotatable bonds is 4. The highest BCUT2D eigenvalue weighted by molar-refractivity contribution is 5.77. The molecule has 0 aromatic carbocycles. The van der Waals surface area contributed by atoms with Crippen molar-refractivity contribution in [2.24, 2.45) is 5.92 Å². The summed E-state index contributed by atoms with van der Waals surface area (Å²) in [4.78, 5) is 23.8. The third-order valence-electron chi connectivity index (χ3n) is 2.50. The summed E-state index contributed by atoms with van der Waals surface area (Å²) in [6.07, 6.45) is 2.62. The van der Waals surface area contributed by atoms with E-state index in [-0.39, 0.29) is 18.2 Å². The molecule has 1 saturated heterocycles. The van der Waals surface area contributed by atoms with Gasteiger partial charge in [-0.1, -0.05) is 6.92 Å². The summed E-state index contributed by atoms with van der Waals surface area (Å²) in [7, 11) is 0. The molecule has 1 amide bonds. The average molecular weight is 199 g/mol. The predicted octanol–water partition coefficient (Wildman–Crippen LogP) is 1.11. The van der Waals surface area contributed by atoms with Gasteiger partial charge in [0.05, 0.1) is 0 Å². The normalized spacial score (nSPS) is 18.2. The first kappa shape index (κ1) is 11.0. The fourth-order valence-electron chi connectivity index (χ4n) is 1.76. The van der Waals surface area contributed by atoms with Gasteiger partial charge in [-0.3, -0.25) is 9.59 Å². The number of carboxylic acid groups (broad SMARTS) is 1. The molecule has 1 fully saturated rings. The highest BCUT2D eigenvalue weighted by atomic mass is 16.4. The number of nitrogens with zero attached hydrogens (tertiary/aromatic N) is 1. The van der Waals surface area contributed by atoms with Gasteiger partial charge in [-0.05, 0) is 18.8 Å². The summed E-state index contributed by atoms with van der Waals surface area (Å²) >= 11 is 0. The number of carboxylic acids is 1. The quantitative estimate of drug-likeness (QED) is 0.737. The van der Waals surface area contributed by atoms with E-state index in [1.54, 1.807) is 0 Å². The molecule has 0 aromatic rings. The molecule has 1 N–H and O–H groups in total. The highest BCUT2D eigenvalue weighted by Crippen LogP contribution is 2.14. The standard InChI is InChI=1S/C10H17NO3/c1-8(7-10(13)14)6-9(12)11-4-2-3-5-11/h8H,2-7H2,1H3,(H,13,14)/t8-/m0/s1. The molecule has 0 saturated carbocycles.